The maximum atomic E-state index is 4.19. The lowest BCUT2D eigenvalue weighted by Gasteiger charge is -1.97. The van der Waals surface area contributed by atoms with Gasteiger partial charge in [-0.1, -0.05) is 26.2 Å². The van der Waals surface area contributed by atoms with Crippen LogP contribution in [0.2, 0.25) is 0 Å². The minimum absolute atomic E-state index is 0.810. The Balaban J connectivity index is 2.32. The molecule has 0 saturated carbocycles. The second-order valence-corrected chi connectivity index (χ2v) is 4.61. The van der Waals surface area contributed by atoms with Crippen molar-refractivity contribution in [1.29, 1.82) is 0 Å². The average molecular weight is 310 g/mol. The van der Waals surface area contributed by atoms with Crippen LogP contribution in [0.1, 0.15) is 38.3 Å². The topological polar surface area (TPSA) is 28.7 Å². The molecule has 0 radical (unpaired) electrons. The van der Waals surface area contributed by atoms with Gasteiger partial charge in [0.25, 0.3) is 0 Å². The zero-order chi connectivity index (χ0) is 9.68. The molecule has 0 aromatic carbocycles. The number of rotatable bonds is 5. The lowest BCUT2D eigenvalue weighted by atomic mass is 10.1. The Bertz CT molecular complexity index is 258. The van der Waals surface area contributed by atoms with Gasteiger partial charge in [0.15, 0.2) is 4.73 Å². The van der Waals surface area contributed by atoms with Crippen molar-refractivity contribution >= 4 is 31.9 Å². The van der Waals surface area contributed by atoms with Crippen molar-refractivity contribution in [3.63, 3.8) is 0 Å². The van der Waals surface area contributed by atoms with Gasteiger partial charge in [-0.2, -0.15) is 0 Å². The molecule has 0 atom stereocenters. The molecule has 0 saturated heterocycles. The summed E-state index contributed by atoms with van der Waals surface area (Å²) in [5, 5.41) is 0. The molecule has 1 aromatic heterocycles. The Hall–Kier alpha value is 0.170. The first-order valence-corrected chi connectivity index (χ1v) is 6.22. The van der Waals surface area contributed by atoms with Crippen molar-refractivity contribution in [3.05, 3.63) is 15.0 Å². The van der Waals surface area contributed by atoms with Gasteiger partial charge in [-0.05, 0) is 44.7 Å². The first-order chi connectivity index (χ1) is 6.24. The molecule has 0 fully saturated rings. The Labute approximate surface area is 95.8 Å². The molecule has 0 aliphatic heterocycles. The number of nitrogens with zero attached hydrogens (tertiary/aromatic N) is 1. The third-order valence-corrected chi connectivity index (χ3v) is 3.01. The molecule has 0 bridgehead atoms. The van der Waals surface area contributed by atoms with Gasteiger partial charge in [-0.15, -0.1) is 0 Å². The van der Waals surface area contributed by atoms with Crippen LogP contribution in [0.3, 0.4) is 0 Å². The first-order valence-electron chi connectivity index (χ1n) is 4.64. The molecule has 0 aliphatic rings. The zero-order valence-corrected chi connectivity index (χ0v) is 10.9. The molecule has 4 heteroatoms. The van der Waals surface area contributed by atoms with Crippen LogP contribution >= 0.6 is 31.9 Å². The number of hydrogen-bond donors (Lipinski definition) is 1. The van der Waals surface area contributed by atoms with E-state index in [1.54, 1.807) is 0 Å². The summed E-state index contributed by atoms with van der Waals surface area (Å²) in [6, 6.07) is 0. The van der Waals surface area contributed by atoms with Gasteiger partial charge in [-0.3, -0.25) is 0 Å². The van der Waals surface area contributed by atoms with Crippen LogP contribution in [-0.4, -0.2) is 9.97 Å². The van der Waals surface area contributed by atoms with Crippen molar-refractivity contribution in [2.24, 2.45) is 0 Å². The van der Waals surface area contributed by atoms with Crippen molar-refractivity contribution in [1.82, 2.24) is 9.97 Å². The van der Waals surface area contributed by atoms with Gasteiger partial charge >= 0.3 is 0 Å². The predicted molar refractivity (Wildman–Crippen MR) is 61.8 cm³/mol. The highest BCUT2D eigenvalue weighted by atomic mass is 79.9. The molecule has 13 heavy (non-hydrogen) atoms. The lowest BCUT2D eigenvalue weighted by molar-refractivity contribution is 0.660. The van der Waals surface area contributed by atoms with E-state index in [-0.39, 0.29) is 0 Å². The summed E-state index contributed by atoms with van der Waals surface area (Å²) in [5.74, 6) is 0. The normalized spacial score (nSPS) is 10.7. The van der Waals surface area contributed by atoms with Crippen LogP contribution in [-0.2, 0) is 6.42 Å². The maximum Gasteiger partial charge on any atom is 0.175 e. The second kappa shape index (κ2) is 5.81. The number of aryl methyl sites for hydroxylation is 1. The summed E-state index contributed by atoms with van der Waals surface area (Å²) < 4.78 is 1.75. The van der Waals surface area contributed by atoms with E-state index in [2.05, 4.69) is 48.8 Å². The number of aromatic nitrogens is 2. The number of hydrogen-bond acceptors (Lipinski definition) is 1. The van der Waals surface area contributed by atoms with Gasteiger partial charge in [0, 0.05) is 0 Å². The smallest absolute Gasteiger partial charge is 0.175 e. The number of unbranched alkanes of at least 4 members (excludes halogenated alkanes) is 3. The van der Waals surface area contributed by atoms with Crippen molar-refractivity contribution in [3.8, 4) is 0 Å². The van der Waals surface area contributed by atoms with E-state index in [1.165, 1.54) is 31.4 Å². The molecular formula is C9H14Br2N2. The Kier molecular flexibility index (Phi) is 5.02. The third-order valence-electron chi connectivity index (χ3n) is 1.98. The molecule has 2 nitrogen and oxygen atoms in total. The van der Waals surface area contributed by atoms with Gasteiger partial charge in [0.05, 0.1) is 5.69 Å². The summed E-state index contributed by atoms with van der Waals surface area (Å²) >= 11 is 6.72. The van der Waals surface area contributed by atoms with E-state index >= 15 is 0 Å². The molecule has 74 valence electrons. The van der Waals surface area contributed by atoms with Crippen molar-refractivity contribution < 1.29 is 0 Å². The van der Waals surface area contributed by atoms with Crippen LogP contribution < -0.4 is 0 Å². The van der Waals surface area contributed by atoms with Crippen LogP contribution in [0.5, 0.6) is 0 Å². The Morgan fingerprint density at radius 3 is 2.54 bits per heavy atom. The maximum absolute atomic E-state index is 4.19. The lowest BCUT2D eigenvalue weighted by Crippen LogP contribution is -1.86. The molecular weight excluding hydrogens is 296 g/mol. The summed E-state index contributed by atoms with van der Waals surface area (Å²) in [5.41, 5.74) is 1.20. The molecule has 0 unspecified atom stereocenters. The minimum Gasteiger partial charge on any atom is -0.335 e. The van der Waals surface area contributed by atoms with Crippen LogP contribution in [0.15, 0.2) is 9.34 Å². The molecule has 1 heterocycles. The third kappa shape index (κ3) is 3.81. The SMILES string of the molecule is CCCCCCc1[nH]c(Br)nc1Br. The van der Waals surface area contributed by atoms with Gasteiger partial charge in [-0.25, -0.2) is 4.98 Å². The highest BCUT2D eigenvalue weighted by Crippen LogP contribution is 2.19. The Morgan fingerprint density at radius 2 is 2.00 bits per heavy atom. The van der Waals surface area contributed by atoms with Crippen LogP contribution in [0.25, 0.3) is 0 Å². The first kappa shape index (κ1) is 11.2. The van der Waals surface area contributed by atoms with Crippen LogP contribution in [0, 0.1) is 0 Å². The van der Waals surface area contributed by atoms with Gasteiger partial charge in [0.2, 0.25) is 0 Å². The van der Waals surface area contributed by atoms with Crippen molar-refractivity contribution in [2.75, 3.05) is 0 Å². The molecule has 0 spiro atoms. The predicted octanol–water partition coefficient (Wildman–Crippen LogP) is 4.06. The molecule has 1 rings (SSSR count). The molecule has 1 N–H and O–H groups in total. The van der Waals surface area contributed by atoms with E-state index in [4.69, 9.17) is 0 Å². The monoisotopic (exact) mass is 308 g/mol. The minimum atomic E-state index is 0.810. The summed E-state index contributed by atoms with van der Waals surface area (Å²) in [6.07, 6.45) is 6.24. The number of halogens is 2. The fourth-order valence-electron chi connectivity index (χ4n) is 1.25. The van der Waals surface area contributed by atoms with E-state index in [0.29, 0.717) is 0 Å². The largest absolute Gasteiger partial charge is 0.335 e. The zero-order valence-electron chi connectivity index (χ0n) is 7.74. The number of imidazole rings is 1. The Morgan fingerprint density at radius 1 is 1.23 bits per heavy atom. The number of aromatic amines is 1. The van der Waals surface area contributed by atoms with E-state index in [9.17, 15) is 0 Å². The molecule has 0 aliphatic carbocycles. The van der Waals surface area contributed by atoms with E-state index < -0.39 is 0 Å². The molecule has 1 aromatic rings. The van der Waals surface area contributed by atoms with E-state index in [0.717, 1.165) is 15.8 Å². The van der Waals surface area contributed by atoms with Gasteiger partial charge in [0.1, 0.15) is 4.60 Å². The van der Waals surface area contributed by atoms with Gasteiger partial charge < -0.3 is 4.98 Å². The standard InChI is InChI=1S/C9H14Br2N2/c1-2-3-4-5-6-7-8(10)13-9(11)12-7/h2-6H2,1H3,(H,12,13). The van der Waals surface area contributed by atoms with E-state index in [1.807, 2.05) is 0 Å². The highest BCUT2D eigenvalue weighted by Gasteiger charge is 2.04. The summed E-state index contributed by atoms with van der Waals surface area (Å²) in [4.78, 5) is 7.37. The highest BCUT2D eigenvalue weighted by molar-refractivity contribution is 9.11. The fourth-order valence-corrected chi connectivity index (χ4v) is 2.38. The van der Waals surface area contributed by atoms with Crippen molar-refractivity contribution in [2.45, 2.75) is 39.0 Å². The van der Waals surface area contributed by atoms with Crippen LogP contribution in [0.4, 0.5) is 0 Å². The summed E-state index contributed by atoms with van der Waals surface area (Å²) in [6.45, 7) is 2.22. The quantitative estimate of drug-likeness (QED) is 0.816. The number of nitrogens with one attached hydrogen (secondary N) is 1. The fraction of sp³-hybridized carbons (Fsp3) is 0.667. The average Bonchev–Trinajstić information content (AvgIpc) is 2.39. The second-order valence-electron chi connectivity index (χ2n) is 3.11. The number of H-pyrrole nitrogens is 1. The molecule has 0 amide bonds. The summed E-state index contributed by atoms with van der Waals surface area (Å²) in [7, 11) is 0.